The van der Waals surface area contributed by atoms with E-state index in [2.05, 4.69) is 17.6 Å². The number of benzene rings is 1. The van der Waals surface area contributed by atoms with Gasteiger partial charge in [0.2, 0.25) is 5.91 Å². The van der Waals surface area contributed by atoms with Crippen molar-refractivity contribution in [1.29, 1.82) is 0 Å². The first kappa shape index (κ1) is 15.0. The van der Waals surface area contributed by atoms with E-state index in [1.165, 1.54) is 25.7 Å². The fraction of sp³-hybridized carbons (Fsp3) is 0.588. The molecule has 1 aromatic carbocycles. The summed E-state index contributed by atoms with van der Waals surface area (Å²) in [5.74, 6) is 0.714. The maximum atomic E-state index is 12.2. The van der Waals surface area contributed by atoms with Gasteiger partial charge >= 0.3 is 0 Å². The lowest BCUT2D eigenvalue weighted by Gasteiger charge is -2.31. The first-order valence-corrected chi connectivity index (χ1v) is 7.70. The molecule has 3 heteroatoms. The molecule has 1 aliphatic carbocycles. The van der Waals surface area contributed by atoms with Crippen LogP contribution >= 0.6 is 0 Å². The Kier molecular flexibility index (Phi) is 5.18. The fourth-order valence-corrected chi connectivity index (χ4v) is 2.93. The van der Waals surface area contributed by atoms with Crippen molar-refractivity contribution < 1.29 is 4.79 Å². The standard InChI is InChI=1S/C17H26N2O/c1-12-7-6-9-15(11-12)19-17(20)14(3)18-16-10-5-4-8-13(16)2/h6-7,9,11,13-14,16,18H,4-5,8,10H2,1-3H3,(H,19,20)/t13-,14-,16+/m0/s1. The van der Waals surface area contributed by atoms with Crippen molar-refractivity contribution in [2.24, 2.45) is 5.92 Å². The van der Waals surface area contributed by atoms with Gasteiger partial charge < -0.3 is 10.6 Å². The number of nitrogens with one attached hydrogen (secondary N) is 2. The van der Waals surface area contributed by atoms with Crippen molar-refractivity contribution in [3.63, 3.8) is 0 Å². The minimum atomic E-state index is -0.152. The van der Waals surface area contributed by atoms with E-state index in [0.29, 0.717) is 12.0 Å². The monoisotopic (exact) mass is 274 g/mol. The average Bonchev–Trinajstić information content (AvgIpc) is 2.41. The van der Waals surface area contributed by atoms with Crippen molar-refractivity contribution in [3.8, 4) is 0 Å². The zero-order valence-electron chi connectivity index (χ0n) is 12.8. The second-order valence-electron chi connectivity index (χ2n) is 6.12. The minimum absolute atomic E-state index is 0.0494. The molecule has 110 valence electrons. The van der Waals surface area contributed by atoms with Crippen molar-refractivity contribution in [2.45, 2.75) is 58.5 Å². The topological polar surface area (TPSA) is 41.1 Å². The van der Waals surface area contributed by atoms with E-state index in [1.54, 1.807) is 0 Å². The van der Waals surface area contributed by atoms with E-state index in [4.69, 9.17) is 0 Å². The molecule has 1 saturated carbocycles. The maximum absolute atomic E-state index is 12.2. The smallest absolute Gasteiger partial charge is 0.241 e. The summed E-state index contributed by atoms with van der Waals surface area (Å²) >= 11 is 0. The summed E-state index contributed by atoms with van der Waals surface area (Å²) in [6.45, 7) is 6.26. The van der Waals surface area contributed by atoms with Gasteiger partial charge in [-0.3, -0.25) is 4.79 Å². The lowest BCUT2D eigenvalue weighted by atomic mass is 9.85. The molecule has 1 fully saturated rings. The van der Waals surface area contributed by atoms with Crippen molar-refractivity contribution in [2.75, 3.05) is 5.32 Å². The van der Waals surface area contributed by atoms with Crippen molar-refractivity contribution in [1.82, 2.24) is 5.32 Å². The molecular formula is C17H26N2O. The highest BCUT2D eigenvalue weighted by Gasteiger charge is 2.24. The summed E-state index contributed by atoms with van der Waals surface area (Å²) < 4.78 is 0. The molecule has 1 aromatic rings. The molecule has 0 aliphatic heterocycles. The molecule has 0 heterocycles. The van der Waals surface area contributed by atoms with Crippen LogP contribution in [0.5, 0.6) is 0 Å². The van der Waals surface area contributed by atoms with Crippen LogP contribution in [0.15, 0.2) is 24.3 Å². The highest BCUT2D eigenvalue weighted by molar-refractivity contribution is 5.94. The fourth-order valence-electron chi connectivity index (χ4n) is 2.93. The summed E-state index contributed by atoms with van der Waals surface area (Å²) in [7, 11) is 0. The Hall–Kier alpha value is -1.35. The Bertz CT molecular complexity index is 458. The number of carbonyl (C=O) groups is 1. The van der Waals surface area contributed by atoms with Crippen LogP contribution in [0.1, 0.15) is 45.1 Å². The molecule has 2 N–H and O–H groups in total. The Morgan fingerprint density at radius 3 is 2.75 bits per heavy atom. The van der Waals surface area contributed by atoms with Gasteiger partial charge in [-0.1, -0.05) is 31.9 Å². The average molecular weight is 274 g/mol. The zero-order valence-corrected chi connectivity index (χ0v) is 12.8. The second-order valence-corrected chi connectivity index (χ2v) is 6.12. The Morgan fingerprint density at radius 2 is 2.05 bits per heavy atom. The van der Waals surface area contributed by atoms with Crippen LogP contribution in [0.25, 0.3) is 0 Å². The summed E-state index contributed by atoms with van der Waals surface area (Å²) in [5, 5.41) is 6.48. The summed E-state index contributed by atoms with van der Waals surface area (Å²) in [5.41, 5.74) is 2.03. The van der Waals surface area contributed by atoms with Gasteiger partial charge in [-0.05, 0) is 50.3 Å². The van der Waals surface area contributed by atoms with Gasteiger partial charge in [0.05, 0.1) is 6.04 Å². The summed E-state index contributed by atoms with van der Waals surface area (Å²) in [6, 6.07) is 8.24. The molecule has 1 amide bonds. The largest absolute Gasteiger partial charge is 0.325 e. The molecule has 0 aromatic heterocycles. The predicted molar refractivity (Wildman–Crippen MR) is 83.8 cm³/mol. The molecule has 3 atom stereocenters. The van der Waals surface area contributed by atoms with Crippen molar-refractivity contribution >= 4 is 11.6 Å². The highest BCUT2D eigenvalue weighted by Crippen LogP contribution is 2.24. The molecule has 0 spiro atoms. The SMILES string of the molecule is Cc1cccc(NC(=O)[C@H](C)N[C@@H]2CCCC[C@@H]2C)c1. The number of rotatable bonds is 4. The van der Waals surface area contributed by atoms with Gasteiger partial charge in [-0.15, -0.1) is 0 Å². The second kappa shape index (κ2) is 6.89. The third kappa shape index (κ3) is 4.07. The number of hydrogen-bond donors (Lipinski definition) is 2. The van der Waals surface area contributed by atoms with Crippen LogP contribution in [-0.2, 0) is 4.79 Å². The Balaban J connectivity index is 1.88. The van der Waals surface area contributed by atoms with E-state index in [1.807, 2.05) is 38.1 Å². The summed E-state index contributed by atoms with van der Waals surface area (Å²) in [4.78, 5) is 12.2. The van der Waals surface area contributed by atoms with Crippen LogP contribution < -0.4 is 10.6 Å². The lowest BCUT2D eigenvalue weighted by molar-refractivity contribution is -0.118. The van der Waals surface area contributed by atoms with Crippen LogP contribution in [0.2, 0.25) is 0 Å². The number of anilines is 1. The zero-order chi connectivity index (χ0) is 14.5. The number of hydrogen-bond acceptors (Lipinski definition) is 2. The van der Waals surface area contributed by atoms with Crippen LogP contribution in [0.4, 0.5) is 5.69 Å². The molecular weight excluding hydrogens is 248 g/mol. The maximum Gasteiger partial charge on any atom is 0.241 e. The first-order chi connectivity index (χ1) is 9.56. The van der Waals surface area contributed by atoms with Gasteiger partial charge in [-0.25, -0.2) is 0 Å². The predicted octanol–water partition coefficient (Wildman–Crippen LogP) is 3.49. The molecule has 0 bridgehead atoms. The van der Waals surface area contributed by atoms with Crippen LogP contribution in [0, 0.1) is 12.8 Å². The normalized spacial score (nSPS) is 24.1. The van der Waals surface area contributed by atoms with E-state index in [9.17, 15) is 4.79 Å². The molecule has 0 unspecified atom stereocenters. The van der Waals surface area contributed by atoms with Crippen LogP contribution in [0.3, 0.4) is 0 Å². The van der Waals surface area contributed by atoms with E-state index >= 15 is 0 Å². The lowest BCUT2D eigenvalue weighted by Crippen LogP contribution is -2.47. The number of carbonyl (C=O) groups excluding carboxylic acids is 1. The van der Waals surface area contributed by atoms with Gasteiger partial charge in [0, 0.05) is 11.7 Å². The molecule has 0 radical (unpaired) electrons. The first-order valence-electron chi connectivity index (χ1n) is 7.70. The number of amides is 1. The molecule has 3 nitrogen and oxygen atoms in total. The third-order valence-corrected chi connectivity index (χ3v) is 4.25. The minimum Gasteiger partial charge on any atom is -0.325 e. The van der Waals surface area contributed by atoms with E-state index in [-0.39, 0.29) is 11.9 Å². The Morgan fingerprint density at radius 1 is 1.30 bits per heavy atom. The molecule has 20 heavy (non-hydrogen) atoms. The van der Waals surface area contributed by atoms with Gasteiger partial charge in [0.25, 0.3) is 0 Å². The van der Waals surface area contributed by atoms with Crippen molar-refractivity contribution in [3.05, 3.63) is 29.8 Å². The highest BCUT2D eigenvalue weighted by atomic mass is 16.2. The van der Waals surface area contributed by atoms with Gasteiger partial charge in [0.15, 0.2) is 0 Å². The molecule has 0 saturated heterocycles. The van der Waals surface area contributed by atoms with Gasteiger partial charge in [-0.2, -0.15) is 0 Å². The Labute approximate surface area is 122 Å². The quantitative estimate of drug-likeness (QED) is 0.882. The van der Waals surface area contributed by atoms with E-state index < -0.39 is 0 Å². The molecule has 2 rings (SSSR count). The third-order valence-electron chi connectivity index (χ3n) is 4.25. The molecule has 1 aliphatic rings. The van der Waals surface area contributed by atoms with E-state index in [0.717, 1.165) is 11.3 Å². The summed E-state index contributed by atoms with van der Waals surface area (Å²) in [6.07, 6.45) is 5.05. The van der Waals surface area contributed by atoms with Crippen LogP contribution in [-0.4, -0.2) is 18.0 Å². The van der Waals surface area contributed by atoms with Gasteiger partial charge in [0.1, 0.15) is 0 Å². The number of aryl methyl sites for hydroxylation is 1.